The number of rotatable bonds is 1. The summed E-state index contributed by atoms with van der Waals surface area (Å²) in [5.41, 5.74) is 1.91. The molecule has 98 valence electrons. The van der Waals surface area contributed by atoms with E-state index in [2.05, 4.69) is 5.10 Å². The van der Waals surface area contributed by atoms with Crippen LogP contribution in [0.5, 0.6) is 0 Å². The molecule has 1 unspecified atom stereocenters. The first kappa shape index (κ1) is 12.0. The third-order valence-electron chi connectivity index (χ3n) is 3.55. The highest BCUT2D eigenvalue weighted by molar-refractivity contribution is 6.54. The molecule has 0 spiro atoms. The normalized spacial score (nSPS) is 22.6. The topological polar surface area (TPSA) is 53.0 Å². The number of likely N-dealkylation sites (N-methyl/N-ethyl adjacent to an activating group) is 1. The molecule has 0 saturated carbocycles. The SMILES string of the molecule is CC(C)N1N=C2c3ccccc3C(=O)C(=O)C2N1C. The maximum Gasteiger partial charge on any atom is 0.231 e. The van der Waals surface area contributed by atoms with Crippen LogP contribution in [0.1, 0.15) is 29.8 Å². The van der Waals surface area contributed by atoms with Gasteiger partial charge in [0.25, 0.3) is 0 Å². The number of carbonyl (C=O) groups is 2. The molecule has 1 aliphatic heterocycles. The van der Waals surface area contributed by atoms with Gasteiger partial charge in [-0.2, -0.15) is 10.1 Å². The molecule has 5 heteroatoms. The smallest absolute Gasteiger partial charge is 0.231 e. The summed E-state index contributed by atoms with van der Waals surface area (Å²) in [6.45, 7) is 3.99. The molecule has 19 heavy (non-hydrogen) atoms. The van der Waals surface area contributed by atoms with Gasteiger partial charge in [0.05, 0.1) is 11.8 Å². The van der Waals surface area contributed by atoms with Gasteiger partial charge in [-0.1, -0.05) is 24.3 Å². The lowest BCUT2D eigenvalue weighted by Gasteiger charge is -2.30. The molecule has 0 fully saturated rings. The van der Waals surface area contributed by atoms with Crippen molar-refractivity contribution in [2.45, 2.75) is 25.9 Å². The predicted octanol–water partition coefficient (Wildman–Crippen LogP) is 1.10. The maximum absolute atomic E-state index is 12.2. The van der Waals surface area contributed by atoms with Gasteiger partial charge < -0.3 is 0 Å². The molecular weight excluding hydrogens is 242 g/mol. The second kappa shape index (κ2) is 3.99. The predicted molar refractivity (Wildman–Crippen MR) is 70.8 cm³/mol. The summed E-state index contributed by atoms with van der Waals surface area (Å²) in [6, 6.07) is 6.72. The molecule has 0 N–H and O–H groups in total. The van der Waals surface area contributed by atoms with Crippen LogP contribution in [0.25, 0.3) is 0 Å². The number of hydrogen-bond donors (Lipinski definition) is 0. The van der Waals surface area contributed by atoms with E-state index in [1.165, 1.54) is 0 Å². The van der Waals surface area contributed by atoms with Crippen LogP contribution >= 0.6 is 0 Å². The van der Waals surface area contributed by atoms with Gasteiger partial charge in [-0.05, 0) is 13.8 Å². The van der Waals surface area contributed by atoms with Crippen LogP contribution in [0, 0.1) is 0 Å². The minimum Gasteiger partial charge on any atom is -0.288 e. The Kier molecular flexibility index (Phi) is 2.53. The van der Waals surface area contributed by atoms with E-state index in [-0.39, 0.29) is 6.04 Å². The monoisotopic (exact) mass is 257 g/mol. The van der Waals surface area contributed by atoms with Gasteiger partial charge in [0, 0.05) is 18.2 Å². The molecule has 0 amide bonds. The Morgan fingerprint density at radius 2 is 1.79 bits per heavy atom. The summed E-state index contributed by atoms with van der Waals surface area (Å²) in [4.78, 5) is 24.4. The zero-order valence-electron chi connectivity index (χ0n) is 11.1. The number of fused-ring (bicyclic) bond motifs is 3. The Bertz CT molecular complexity index is 606. The molecule has 1 aromatic carbocycles. The van der Waals surface area contributed by atoms with Gasteiger partial charge in [0.2, 0.25) is 11.6 Å². The third-order valence-corrected chi connectivity index (χ3v) is 3.55. The molecule has 1 atom stereocenters. The Morgan fingerprint density at radius 1 is 1.16 bits per heavy atom. The summed E-state index contributed by atoms with van der Waals surface area (Å²) in [6.07, 6.45) is 0. The fraction of sp³-hybridized carbons (Fsp3) is 0.357. The van der Waals surface area contributed by atoms with E-state index >= 15 is 0 Å². The van der Waals surface area contributed by atoms with E-state index < -0.39 is 17.6 Å². The quantitative estimate of drug-likeness (QED) is 0.707. The standard InChI is InChI=1S/C14H15N3O2/c1-8(2)17-15-11-9-6-4-5-7-10(9)13(18)14(19)12(11)16(17)3/h4-8,12H,1-3H3. The summed E-state index contributed by atoms with van der Waals surface area (Å²) in [5.74, 6) is -0.819. The first-order valence-corrected chi connectivity index (χ1v) is 6.30. The van der Waals surface area contributed by atoms with E-state index in [0.29, 0.717) is 11.3 Å². The van der Waals surface area contributed by atoms with E-state index in [1.807, 2.05) is 26.0 Å². The van der Waals surface area contributed by atoms with Crippen LogP contribution in [0.4, 0.5) is 0 Å². The minimum absolute atomic E-state index is 0.137. The summed E-state index contributed by atoms with van der Waals surface area (Å²) < 4.78 is 0. The number of ketones is 2. The molecule has 0 aromatic heterocycles. The van der Waals surface area contributed by atoms with Gasteiger partial charge in [-0.25, -0.2) is 5.12 Å². The second-order valence-electron chi connectivity index (χ2n) is 5.11. The lowest BCUT2D eigenvalue weighted by atomic mass is 9.85. The van der Waals surface area contributed by atoms with Gasteiger partial charge in [-0.15, -0.1) is 0 Å². The minimum atomic E-state index is -0.579. The Morgan fingerprint density at radius 3 is 2.42 bits per heavy atom. The number of hydrogen-bond acceptors (Lipinski definition) is 5. The van der Waals surface area contributed by atoms with Crippen molar-refractivity contribution in [1.29, 1.82) is 0 Å². The summed E-state index contributed by atoms with van der Waals surface area (Å²) >= 11 is 0. The zero-order chi connectivity index (χ0) is 13.7. The molecule has 2 aliphatic rings. The highest BCUT2D eigenvalue weighted by Crippen LogP contribution is 2.29. The zero-order valence-corrected chi connectivity index (χ0v) is 11.1. The lowest BCUT2D eigenvalue weighted by Crippen LogP contribution is -2.51. The average Bonchev–Trinajstić information content (AvgIpc) is 2.74. The van der Waals surface area contributed by atoms with Gasteiger partial charge in [0.1, 0.15) is 6.04 Å². The summed E-state index contributed by atoms with van der Waals surface area (Å²) in [7, 11) is 1.79. The van der Waals surface area contributed by atoms with E-state index in [1.54, 1.807) is 29.3 Å². The van der Waals surface area contributed by atoms with Crippen molar-refractivity contribution in [3.8, 4) is 0 Å². The van der Waals surface area contributed by atoms with Crippen molar-refractivity contribution in [3.63, 3.8) is 0 Å². The molecular formula is C14H15N3O2. The molecule has 1 heterocycles. The summed E-state index contributed by atoms with van der Waals surface area (Å²) in [5, 5.41) is 8.02. The highest BCUT2D eigenvalue weighted by atomic mass is 16.2. The molecule has 0 bridgehead atoms. The molecule has 3 rings (SSSR count). The number of benzene rings is 1. The van der Waals surface area contributed by atoms with Crippen molar-refractivity contribution in [2.75, 3.05) is 7.05 Å². The second-order valence-corrected chi connectivity index (χ2v) is 5.11. The Balaban J connectivity index is 2.19. The van der Waals surface area contributed by atoms with Gasteiger partial charge in [0.15, 0.2) is 0 Å². The molecule has 0 radical (unpaired) electrons. The average molecular weight is 257 g/mol. The van der Waals surface area contributed by atoms with E-state index in [9.17, 15) is 9.59 Å². The van der Waals surface area contributed by atoms with Crippen LogP contribution in [0.3, 0.4) is 0 Å². The van der Waals surface area contributed by atoms with Crippen molar-refractivity contribution >= 4 is 17.3 Å². The Hall–Kier alpha value is -2.01. The number of hydrazone groups is 1. The fourth-order valence-electron chi connectivity index (χ4n) is 2.67. The number of carbonyl (C=O) groups excluding carboxylic acids is 2. The van der Waals surface area contributed by atoms with Crippen LogP contribution in [0.15, 0.2) is 29.4 Å². The van der Waals surface area contributed by atoms with Crippen LogP contribution in [0.2, 0.25) is 0 Å². The van der Waals surface area contributed by atoms with E-state index in [4.69, 9.17) is 0 Å². The molecule has 1 aliphatic carbocycles. The third kappa shape index (κ3) is 1.55. The first-order valence-electron chi connectivity index (χ1n) is 6.30. The maximum atomic E-state index is 12.2. The van der Waals surface area contributed by atoms with Gasteiger partial charge >= 0.3 is 0 Å². The number of Topliss-reactive ketones (excluding diaryl/α,β-unsaturated/α-hetero) is 2. The highest BCUT2D eigenvalue weighted by Gasteiger charge is 2.46. The van der Waals surface area contributed by atoms with E-state index in [0.717, 1.165) is 5.56 Å². The van der Waals surface area contributed by atoms with Crippen LogP contribution < -0.4 is 0 Å². The van der Waals surface area contributed by atoms with Crippen molar-refractivity contribution in [3.05, 3.63) is 35.4 Å². The number of nitrogens with zero attached hydrogens (tertiary/aromatic N) is 3. The Labute approximate surface area is 111 Å². The number of hydrazine groups is 1. The largest absolute Gasteiger partial charge is 0.288 e. The van der Waals surface area contributed by atoms with Crippen LogP contribution in [-0.2, 0) is 4.79 Å². The lowest BCUT2D eigenvalue weighted by molar-refractivity contribution is -0.123. The first-order chi connectivity index (χ1) is 9.02. The van der Waals surface area contributed by atoms with Crippen molar-refractivity contribution in [2.24, 2.45) is 5.10 Å². The molecule has 1 aromatic rings. The fourth-order valence-corrected chi connectivity index (χ4v) is 2.67. The van der Waals surface area contributed by atoms with Gasteiger partial charge in [-0.3, -0.25) is 9.59 Å². The molecule has 5 nitrogen and oxygen atoms in total. The van der Waals surface area contributed by atoms with Crippen molar-refractivity contribution in [1.82, 2.24) is 10.1 Å². The molecule has 0 saturated heterocycles. The van der Waals surface area contributed by atoms with Crippen molar-refractivity contribution < 1.29 is 9.59 Å². The van der Waals surface area contributed by atoms with Crippen LogP contribution in [-0.4, -0.2) is 46.5 Å².